The highest BCUT2D eigenvalue weighted by Gasteiger charge is 2.49. The van der Waals surface area contributed by atoms with Crippen LogP contribution in [0.3, 0.4) is 0 Å². The SMILES string of the molecule is N#Cc1ccc(C(=O)N[C@@H]2CCCC[C@@H]2C(=O)N2CC[C@@H]3[C@H](c4ncc[nH]4)Nc4ccccc4[C@@H]32)cc1. The molecule has 3 heterocycles. The van der Waals surface area contributed by atoms with Gasteiger partial charge in [-0.25, -0.2) is 4.98 Å². The zero-order valence-corrected chi connectivity index (χ0v) is 20.6. The number of hydrogen-bond acceptors (Lipinski definition) is 5. The number of para-hydroxylation sites is 1. The minimum atomic E-state index is -0.251. The molecule has 1 saturated heterocycles. The molecule has 0 radical (unpaired) electrons. The fourth-order valence-electron chi connectivity index (χ4n) is 6.45. The first kappa shape index (κ1) is 23.3. The van der Waals surface area contributed by atoms with Crippen LogP contribution >= 0.6 is 0 Å². The van der Waals surface area contributed by atoms with Gasteiger partial charge >= 0.3 is 0 Å². The smallest absolute Gasteiger partial charge is 0.251 e. The Morgan fingerprint density at radius 2 is 1.86 bits per heavy atom. The molecule has 0 bridgehead atoms. The minimum Gasteiger partial charge on any atom is -0.375 e. The zero-order chi connectivity index (χ0) is 25.4. The van der Waals surface area contributed by atoms with E-state index in [1.54, 1.807) is 30.5 Å². The third kappa shape index (κ3) is 4.25. The van der Waals surface area contributed by atoms with Crippen LogP contribution in [0.15, 0.2) is 60.9 Å². The monoisotopic (exact) mass is 494 g/mol. The summed E-state index contributed by atoms with van der Waals surface area (Å²) in [5.74, 6) is 0.786. The normalized spacial score (nSPS) is 26.4. The molecule has 3 N–H and O–H groups in total. The lowest BCUT2D eigenvalue weighted by Gasteiger charge is -2.41. The van der Waals surface area contributed by atoms with Gasteiger partial charge in [0.05, 0.1) is 29.6 Å². The predicted octanol–water partition coefficient (Wildman–Crippen LogP) is 4.33. The maximum atomic E-state index is 14.2. The Bertz CT molecular complexity index is 1330. The number of nitriles is 1. The highest BCUT2D eigenvalue weighted by Crippen LogP contribution is 2.51. The summed E-state index contributed by atoms with van der Waals surface area (Å²) in [7, 11) is 0. The second kappa shape index (κ2) is 9.74. The summed E-state index contributed by atoms with van der Waals surface area (Å²) in [4.78, 5) is 37.1. The first-order valence-electron chi connectivity index (χ1n) is 13.1. The number of likely N-dealkylation sites (tertiary alicyclic amines) is 1. The Balaban J connectivity index is 1.25. The highest BCUT2D eigenvalue weighted by molar-refractivity contribution is 5.95. The van der Waals surface area contributed by atoms with Crippen LogP contribution < -0.4 is 10.6 Å². The van der Waals surface area contributed by atoms with E-state index in [0.717, 1.165) is 49.2 Å². The molecule has 1 aromatic heterocycles. The molecule has 37 heavy (non-hydrogen) atoms. The number of carbonyl (C=O) groups is 2. The van der Waals surface area contributed by atoms with Gasteiger partial charge in [0.2, 0.25) is 5.91 Å². The number of imidazole rings is 1. The van der Waals surface area contributed by atoms with E-state index in [-0.39, 0.29) is 41.8 Å². The number of nitrogens with zero attached hydrogens (tertiary/aromatic N) is 3. The van der Waals surface area contributed by atoms with Gasteiger partial charge in [-0.15, -0.1) is 0 Å². The van der Waals surface area contributed by atoms with E-state index >= 15 is 0 Å². The number of hydrogen-bond donors (Lipinski definition) is 3. The molecule has 3 aromatic rings. The Hall–Kier alpha value is -4.12. The second-order valence-electron chi connectivity index (χ2n) is 10.3. The van der Waals surface area contributed by atoms with Gasteiger partial charge in [-0.3, -0.25) is 9.59 Å². The molecular weight excluding hydrogens is 464 g/mol. The van der Waals surface area contributed by atoms with Gasteiger partial charge in [-0.2, -0.15) is 5.26 Å². The molecule has 3 aliphatic rings. The van der Waals surface area contributed by atoms with Gasteiger partial charge in [0.1, 0.15) is 5.82 Å². The molecular formula is C29H30N6O2. The largest absolute Gasteiger partial charge is 0.375 e. The van der Waals surface area contributed by atoms with Crippen LogP contribution in [-0.4, -0.2) is 39.3 Å². The number of anilines is 1. The number of aromatic nitrogens is 2. The highest BCUT2D eigenvalue weighted by atomic mass is 16.2. The van der Waals surface area contributed by atoms with Crippen molar-refractivity contribution in [2.24, 2.45) is 11.8 Å². The standard InChI is InChI=1S/C29H30N6O2/c30-17-18-9-11-19(12-10-18)28(36)34-24-8-4-2-6-21(24)29(37)35-16-13-22-25(27-31-14-15-32-27)33-23-7-3-1-5-20(23)26(22)35/h1,3,5,7,9-12,14-15,21-22,24-26,33H,2,4,6,8,13,16H2,(H,31,32)(H,34,36)/t21-,22+,24+,25+,26-/m0/s1. The molecule has 5 atom stereocenters. The van der Waals surface area contributed by atoms with Gasteiger partial charge in [0, 0.05) is 42.1 Å². The molecule has 1 aliphatic carbocycles. The van der Waals surface area contributed by atoms with Crippen LogP contribution in [0.4, 0.5) is 5.69 Å². The van der Waals surface area contributed by atoms with E-state index < -0.39 is 0 Å². The Labute approximate surface area is 216 Å². The summed E-state index contributed by atoms with van der Waals surface area (Å²) < 4.78 is 0. The molecule has 8 nitrogen and oxygen atoms in total. The second-order valence-corrected chi connectivity index (χ2v) is 10.3. The van der Waals surface area contributed by atoms with Crippen LogP contribution in [0, 0.1) is 23.2 Å². The number of H-pyrrole nitrogens is 1. The summed E-state index contributed by atoms with van der Waals surface area (Å²) in [6, 6.07) is 16.7. The predicted molar refractivity (Wildman–Crippen MR) is 138 cm³/mol. The lowest BCUT2D eigenvalue weighted by molar-refractivity contribution is -0.138. The van der Waals surface area contributed by atoms with Crippen LogP contribution in [0.2, 0.25) is 0 Å². The maximum absolute atomic E-state index is 14.2. The number of fused-ring (bicyclic) bond motifs is 3. The number of amides is 2. The summed E-state index contributed by atoms with van der Waals surface area (Å²) in [6.07, 6.45) is 8.02. The molecule has 2 aliphatic heterocycles. The number of nitrogens with one attached hydrogen (secondary N) is 3. The third-order valence-corrected chi connectivity index (χ3v) is 8.24. The average Bonchev–Trinajstić information content (AvgIpc) is 3.64. The first-order valence-corrected chi connectivity index (χ1v) is 13.1. The lowest BCUT2D eigenvalue weighted by Crippen LogP contribution is -2.50. The van der Waals surface area contributed by atoms with Crippen LogP contribution in [0.25, 0.3) is 0 Å². The Morgan fingerprint density at radius 1 is 1.05 bits per heavy atom. The van der Waals surface area contributed by atoms with Crippen molar-refractivity contribution in [1.29, 1.82) is 5.26 Å². The quantitative estimate of drug-likeness (QED) is 0.500. The van der Waals surface area contributed by atoms with Crippen molar-refractivity contribution in [3.05, 3.63) is 83.4 Å². The van der Waals surface area contributed by atoms with E-state index in [1.807, 2.05) is 18.3 Å². The van der Waals surface area contributed by atoms with Gasteiger partial charge in [-0.1, -0.05) is 31.0 Å². The number of aromatic amines is 1. The summed E-state index contributed by atoms with van der Waals surface area (Å²) >= 11 is 0. The lowest BCUT2D eigenvalue weighted by atomic mass is 9.80. The molecule has 0 unspecified atom stereocenters. The van der Waals surface area contributed by atoms with Gasteiger partial charge in [0.25, 0.3) is 5.91 Å². The first-order chi connectivity index (χ1) is 18.1. The third-order valence-electron chi connectivity index (χ3n) is 8.24. The van der Waals surface area contributed by atoms with Crippen molar-refractivity contribution in [3.63, 3.8) is 0 Å². The minimum absolute atomic E-state index is 0.00550. The Morgan fingerprint density at radius 3 is 2.65 bits per heavy atom. The van der Waals surface area contributed by atoms with Crippen LogP contribution in [-0.2, 0) is 4.79 Å². The summed E-state index contributed by atoms with van der Waals surface area (Å²) in [5, 5.41) is 15.9. The van der Waals surface area contributed by atoms with Gasteiger partial charge in [-0.05, 0) is 55.2 Å². The fraction of sp³-hybridized carbons (Fsp3) is 0.379. The molecule has 8 heteroatoms. The molecule has 188 valence electrons. The summed E-state index contributed by atoms with van der Waals surface area (Å²) in [6.45, 7) is 0.689. The average molecular weight is 495 g/mol. The molecule has 1 saturated carbocycles. The van der Waals surface area contributed by atoms with Crippen molar-refractivity contribution in [1.82, 2.24) is 20.2 Å². The molecule has 2 aromatic carbocycles. The van der Waals surface area contributed by atoms with Crippen molar-refractivity contribution < 1.29 is 9.59 Å². The van der Waals surface area contributed by atoms with Crippen LogP contribution in [0.1, 0.15) is 71.5 Å². The van der Waals surface area contributed by atoms with E-state index in [1.165, 1.54) is 0 Å². The summed E-state index contributed by atoms with van der Waals surface area (Å²) in [5.41, 5.74) is 3.21. The van der Waals surface area contributed by atoms with Crippen LogP contribution in [0.5, 0.6) is 0 Å². The van der Waals surface area contributed by atoms with E-state index in [4.69, 9.17) is 5.26 Å². The molecule has 2 amide bonds. The van der Waals surface area contributed by atoms with E-state index in [0.29, 0.717) is 17.7 Å². The fourth-order valence-corrected chi connectivity index (χ4v) is 6.45. The number of carbonyl (C=O) groups excluding carboxylic acids is 2. The van der Waals surface area contributed by atoms with Crippen molar-refractivity contribution in [2.75, 3.05) is 11.9 Å². The van der Waals surface area contributed by atoms with Crippen molar-refractivity contribution in [2.45, 2.75) is 50.2 Å². The maximum Gasteiger partial charge on any atom is 0.251 e. The van der Waals surface area contributed by atoms with Crippen molar-refractivity contribution >= 4 is 17.5 Å². The zero-order valence-electron chi connectivity index (χ0n) is 20.6. The molecule has 0 spiro atoms. The van der Waals surface area contributed by atoms with E-state index in [2.05, 4.69) is 43.7 Å². The topological polar surface area (TPSA) is 114 Å². The van der Waals surface area contributed by atoms with Gasteiger partial charge < -0.3 is 20.5 Å². The molecule has 6 rings (SSSR count). The molecule has 2 fully saturated rings. The number of rotatable bonds is 4. The Kier molecular flexibility index (Phi) is 6.13. The van der Waals surface area contributed by atoms with E-state index in [9.17, 15) is 9.59 Å². The number of benzene rings is 2. The van der Waals surface area contributed by atoms with Gasteiger partial charge in [0.15, 0.2) is 0 Å². The van der Waals surface area contributed by atoms with Crippen molar-refractivity contribution in [3.8, 4) is 6.07 Å².